The lowest BCUT2D eigenvalue weighted by Gasteiger charge is -2.37. The molecule has 198 valence electrons. The van der Waals surface area contributed by atoms with Gasteiger partial charge in [0, 0.05) is 38.0 Å². The molecule has 2 unspecified atom stereocenters. The van der Waals surface area contributed by atoms with E-state index in [0.29, 0.717) is 32.5 Å². The van der Waals surface area contributed by atoms with Crippen molar-refractivity contribution in [1.29, 1.82) is 0 Å². The number of anilines is 1. The largest absolute Gasteiger partial charge is 0.396 e. The number of carbonyl (C=O) groups excluding carboxylic acids is 3. The molecule has 2 saturated heterocycles. The summed E-state index contributed by atoms with van der Waals surface area (Å²) in [5.74, 6) is -2.02. The standard InChI is InChI=1S/C29H37N3O5/c1-3-11-20(2)30-18-10-15-29-24(27(35)32(16-7-8-19-33)25(29)28(30)36)23-22(37-29)14-9-17-31(26(23)34)21-12-5-4-6-13-21/h4-6,9-10,12-15,20,22-25,33H,3,7-8,11,16-19H2,1-2H3/t20?,22-,23+,24+,25?,29+/m1/s1. The summed E-state index contributed by atoms with van der Waals surface area (Å²) < 4.78 is 6.68. The number of hydrogen-bond donors (Lipinski definition) is 1. The molecule has 37 heavy (non-hydrogen) atoms. The van der Waals surface area contributed by atoms with Crippen LogP contribution in [0.15, 0.2) is 54.6 Å². The second-order valence-corrected chi connectivity index (χ2v) is 10.5. The third-order valence-corrected chi connectivity index (χ3v) is 8.30. The Balaban J connectivity index is 1.56. The molecule has 8 nitrogen and oxygen atoms in total. The van der Waals surface area contributed by atoms with E-state index < -0.39 is 29.6 Å². The van der Waals surface area contributed by atoms with E-state index in [-0.39, 0.29) is 30.4 Å². The Morgan fingerprint density at radius 1 is 1.05 bits per heavy atom. The van der Waals surface area contributed by atoms with Crippen LogP contribution in [0.25, 0.3) is 0 Å². The van der Waals surface area contributed by atoms with Gasteiger partial charge < -0.3 is 24.5 Å². The van der Waals surface area contributed by atoms with Crippen LogP contribution in [-0.2, 0) is 19.1 Å². The number of aliphatic hydroxyl groups excluding tert-OH is 1. The minimum absolute atomic E-state index is 0.0191. The van der Waals surface area contributed by atoms with Crippen molar-refractivity contribution in [2.24, 2.45) is 11.8 Å². The first-order chi connectivity index (χ1) is 17.9. The maximum Gasteiger partial charge on any atom is 0.249 e. The Hall–Kier alpha value is -2.97. The number of hydrogen-bond acceptors (Lipinski definition) is 5. The highest BCUT2D eigenvalue weighted by Gasteiger charge is 2.71. The topological polar surface area (TPSA) is 90.4 Å². The minimum atomic E-state index is -1.21. The highest BCUT2D eigenvalue weighted by atomic mass is 16.5. The molecule has 4 aliphatic heterocycles. The van der Waals surface area contributed by atoms with Crippen LogP contribution in [0, 0.1) is 11.8 Å². The third-order valence-electron chi connectivity index (χ3n) is 8.30. The molecule has 8 heteroatoms. The fraction of sp³-hybridized carbons (Fsp3) is 0.552. The van der Waals surface area contributed by atoms with Gasteiger partial charge in [-0.2, -0.15) is 0 Å². The Bertz CT molecular complexity index is 1090. The average molecular weight is 508 g/mol. The summed E-state index contributed by atoms with van der Waals surface area (Å²) in [6, 6.07) is 8.65. The number of ether oxygens (including phenoxy) is 1. The Morgan fingerprint density at radius 3 is 2.57 bits per heavy atom. The third kappa shape index (κ3) is 4.20. The molecule has 3 amide bonds. The fourth-order valence-corrected chi connectivity index (χ4v) is 6.60. The summed E-state index contributed by atoms with van der Waals surface area (Å²) in [4.78, 5) is 47.6. The number of para-hydroxylation sites is 1. The normalized spacial score (nSPS) is 31.8. The van der Waals surface area contributed by atoms with Gasteiger partial charge in [-0.05, 0) is 38.3 Å². The van der Waals surface area contributed by atoms with E-state index in [9.17, 15) is 19.5 Å². The maximum atomic E-state index is 14.2. The zero-order valence-electron chi connectivity index (χ0n) is 21.7. The van der Waals surface area contributed by atoms with Crippen LogP contribution in [0.2, 0.25) is 0 Å². The average Bonchev–Trinajstić information content (AvgIpc) is 3.20. The number of benzene rings is 1. The Morgan fingerprint density at radius 2 is 1.84 bits per heavy atom. The van der Waals surface area contributed by atoms with Gasteiger partial charge in [-0.1, -0.05) is 55.8 Å². The first kappa shape index (κ1) is 25.7. The molecule has 5 rings (SSSR count). The quantitative estimate of drug-likeness (QED) is 0.431. The highest BCUT2D eigenvalue weighted by Crippen LogP contribution is 2.53. The first-order valence-corrected chi connectivity index (χ1v) is 13.5. The summed E-state index contributed by atoms with van der Waals surface area (Å²) in [6.07, 6.45) is 9.97. The molecule has 0 aliphatic carbocycles. The van der Waals surface area contributed by atoms with Crippen molar-refractivity contribution in [3.05, 3.63) is 54.6 Å². The SMILES string of the molecule is CCCC(C)N1CC=C[C@]23O[C@@H]4C=CCN(c5ccccc5)C(=O)[C@@H]4[C@H]2C(=O)N(CCCCO)C3C1=O. The van der Waals surface area contributed by atoms with Gasteiger partial charge in [0.05, 0.1) is 17.9 Å². The molecule has 4 aliphatic rings. The number of aliphatic hydroxyl groups is 1. The Kier molecular flexibility index (Phi) is 7.23. The molecule has 0 radical (unpaired) electrons. The molecular weight excluding hydrogens is 470 g/mol. The van der Waals surface area contributed by atoms with Gasteiger partial charge >= 0.3 is 0 Å². The molecule has 0 bridgehead atoms. The van der Waals surface area contributed by atoms with Crippen LogP contribution in [0.3, 0.4) is 0 Å². The number of nitrogens with zero attached hydrogens (tertiary/aromatic N) is 3. The number of likely N-dealkylation sites (tertiary alicyclic amines) is 1. The molecule has 0 saturated carbocycles. The molecule has 1 spiro atoms. The molecule has 1 aromatic carbocycles. The number of unbranched alkanes of at least 4 members (excludes halogenated alkanes) is 1. The van der Waals surface area contributed by atoms with Crippen LogP contribution < -0.4 is 4.90 Å². The van der Waals surface area contributed by atoms with Crippen LogP contribution in [0.4, 0.5) is 5.69 Å². The summed E-state index contributed by atoms with van der Waals surface area (Å²) in [5, 5.41) is 9.35. The van der Waals surface area contributed by atoms with Gasteiger partial charge in [-0.3, -0.25) is 14.4 Å². The van der Waals surface area contributed by atoms with E-state index in [4.69, 9.17) is 4.74 Å². The summed E-state index contributed by atoms with van der Waals surface area (Å²) in [6.45, 7) is 5.34. The second kappa shape index (κ2) is 10.4. The van der Waals surface area contributed by atoms with Gasteiger partial charge in [0.1, 0.15) is 11.6 Å². The van der Waals surface area contributed by atoms with E-state index >= 15 is 0 Å². The summed E-state index contributed by atoms with van der Waals surface area (Å²) in [7, 11) is 0. The smallest absolute Gasteiger partial charge is 0.249 e. The lowest BCUT2D eigenvalue weighted by molar-refractivity contribution is -0.148. The van der Waals surface area contributed by atoms with Crippen LogP contribution >= 0.6 is 0 Å². The van der Waals surface area contributed by atoms with E-state index in [1.54, 1.807) is 9.80 Å². The summed E-state index contributed by atoms with van der Waals surface area (Å²) in [5.41, 5.74) is -0.434. The lowest BCUT2D eigenvalue weighted by atomic mass is 9.77. The van der Waals surface area contributed by atoms with Crippen molar-refractivity contribution in [2.45, 2.75) is 63.3 Å². The van der Waals surface area contributed by atoms with E-state index in [2.05, 4.69) is 6.92 Å². The lowest BCUT2D eigenvalue weighted by Crippen LogP contribution is -2.56. The molecular formula is C29H37N3O5. The van der Waals surface area contributed by atoms with Crippen LogP contribution in [0.5, 0.6) is 0 Å². The van der Waals surface area contributed by atoms with Gasteiger partial charge in [0.2, 0.25) is 17.7 Å². The van der Waals surface area contributed by atoms with E-state index in [1.807, 2.05) is 66.5 Å². The van der Waals surface area contributed by atoms with Gasteiger partial charge in [0.15, 0.2) is 0 Å². The van der Waals surface area contributed by atoms with Gasteiger partial charge in [0.25, 0.3) is 0 Å². The van der Waals surface area contributed by atoms with Crippen molar-refractivity contribution < 1.29 is 24.2 Å². The molecule has 1 N–H and O–H groups in total. The maximum absolute atomic E-state index is 14.2. The predicted octanol–water partition coefficient (Wildman–Crippen LogP) is 2.53. The number of carbonyl (C=O) groups is 3. The zero-order chi connectivity index (χ0) is 26.2. The summed E-state index contributed by atoms with van der Waals surface area (Å²) >= 11 is 0. The van der Waals surface area contributed by atoms with Crippen molar-refractivity contribution in [3.63, 3.8) is 0 Å². The number of amides is 3. The van der Waals surface area contributed by atoms with Crippen molar-refractivity contribution in [3.8, 4) is 0 Å². The number of fused-ring (bicyclic) bond motifs is 2. The molecule has 2 fully saturated rings. The zero-order valence-corrected chi connectivity index (χ0v) is 21.7. The fourth-order valence-electron chi connectivity index (χ4n) is 6.60. The van der Waals surface area contributed by atoms with Crippen molar-refractivity contribution in [1.82, 2.24) is 9.80 Å². The molecule has 4 heterocycles. The molecule has 0 aromatic heterocycles. The van der Waals surface area contributed by atoms with Gasteiger partial charge in [-0.25, -0.2) is 0 Å². The van der Waals surface area contributed by atoms with Crippen LogP contribution in [-0.4, -0.2) is 82.7 Å². The van der Waals surface area contributed by atoms with E-state index in [1.165, 1.54) is 0 Å². The number of rotatable bonds is 8. The minimum Gasteiger partial charge on any atom is -0.396 e. The van der Waals surface area contributed by atoms with E-state index in [0.717, 1.165) is 18.5 Å². The van der Waals surface area contributed by atoms with Crippen LogP contribution in [0.1, 0.15) is 39.5 Å². The Labute approximate surface area is 218 Å². The second-order valence-electron chi connectivity index (χ2n) is 10.5. The van der Waals surface area contributed by atoms with Crippen molar-refractivity contribution >= 4 is 23.4 Å². The predicted molar refractivity (Wildman–Crippen MR) is 140 cm³/mol. The monoisotopic (exact) mass is 507 g/mol. The molecule has 6 atom stereocenters. The highest BCUT2D eigenvalue weighted by molar-refractivity contribution is 6.03. The van der Waals surface area contributed by atoms with Crippen molar-refractivity contribution in [2.75, 3.05) is 31.1 Å². The van der Waals surface area contributed by atoms with Gasteiger partial charge in [-0.15, -0.1) is 0 Å². The molecule has 1 aromatic rings. The first-order valence-electron chi connectivity index (χ1n) is 13.5.